The molecule has 1 aliphatic rings. The van der Waals surface area contributed by atoms with Gasteiger partial charge in [0.05, 0.1) is 10.0 Å². The first-order valence-corrected chi connectivity index (χ1v) is 9.22. The van der Waals surface area contributed by atoms with E-state index in [4.69, 9.17) is 23.2 Å². The average molecular weight is 392 g/mol. The largest absolute Gasteiger partial charge is 0.337 e. The molecule has 0 spiro atoms. The Kier molecular flexibility index (Phi) is 5.79. The predicted molar refractivity (Wildman–Crippen MR) is 103 cm³/mol. The van der Waals surface area contributed by atoms with Crippen molar-refractivity contribution in [2.24, 2.45) is 5.92 Å². The molecule has 2 heterocycles. The summed E-state index contributed by atoms with van der Waals surface area (Å²) in [7, 11) is 0. The molecule has 1 atom stereocenters. The Balaban J connectivity index is 1.74. The molecule has 0 radical (unpaired) electrons. The molecule has 26 heavy (non-hydrogen) atoms. The second-order valence-corrected chi connectivity index (χ2v) is 7.30. The van der Waals surface area contributed by atoms with E-state index in [1.807, 2.05) is 0 Å². The second kappa shape index (κ2) is 8.06. The van der Waals surface area contributed by atoms with Crippen LogP contribution in [0.2, 0.25) is 10.0 Å². The molecule has 1 fully saturated rings. The molecular weight excluding hydrogens is 373 g/mol. The maximum absolute atomic E-state index is 12.7. The maximum atomic E-state index is 12.7. The van der Waals surface area contributed by atoms with Crippen LogP contribution in [0.25, 0.3) is 0 Å². The summed E-state index contributed by atoms with van der Waals surface area (Å²) in [6.07, 6.45) is 2.12. The lowest BCUT2D eigenvalue weighted by Crippen LogP contribution is -2.39. The SMILES string of the molecule is CC1CCCN(C(=O)c2cccc(C(=O)Nc3ccc(Cl)c(Cl)c3)n2)C1. The molecule has 1 saturated heterocycles. The van der Waals surface area contributed by atoms with Crippen molar-refractivity contribution in [2.45, 2.75) is 19.8 Å². The second-order valence-electron chi connectivity index (χ2n) is 6.49. The van der Waals surface area contributed by atoms with E-state index >= 15 is 0 Å². The number of amides is 2. The topological polar surface area (TPSA) is 62.3 Å². The molecule has 1 aliphatic heterocycles. The number of carbonyl (C=O) groups excluding carboxylic acids is 2. The third kappa shape index (κ3) is 4.34. The van der Waals surface area contributed by atoms with Gasteiger partial charge in [0.15, 0.2) is 0 Å². The maximum Gasteiger partial charge on any atom is 0.274 e. The number of likely N-dealkylation sites (tertiary alicyclic amines) is 1. The van der Waals surface area contributed by atoms with Gasteiger partial charge in [-0.05, 0) is 49.1 Å². The van der Waals surface area contributed by atoms with Gasteiger partial charge in [-0.3, -0.25) is 9.59 Å². The van der Waals surface area contributed by atoms with Crippen LogP contribution in [0.3, 0.4) is 0 Å². The number of aromatic nitrogens is 1. The monoisotopic (exact) mass is 391 g/mol. The van der Waals surface area contributed by atoms with Crippen LogP contribution in [-0.2, 0) is 0 Å². The van der Waals surface area contributed by atoms with Crippen molar-refractivity contribution in [3.05, 3.63) is 57.8 Å². The van der Waals surface area contributed by atoms with E-state index in [2.05, 4.69) is 17.2 Å². The molecule has 7 heteroatoms. The number of anilines is 1. The van der Waals surface area contributed by atoms with E-state index < -0.39 is 5.91 Å². The summed E-state index contributed by atoms with van der Waals surface area (Å²) in [6.45, 7) is 3.58. The summed E-state index contributed by atoms with van der Waals surface area (Å²) in [5.74, 6) is -0.0698. The predicted octanol–water partition coefficient (Wildman–Crippen LogP) is 4.51. The first-order valence-electron chi connectivity index (χ1n) is 8.47. The highest BCUT2D eigenvalue weighted by molar-refractivity contribution is 6.42. The average Bonchev–Trinajstić information content (AvgIpc) is 2.64. The first-order chi connectivity index (χ1) is 12.4. The minimum absolute atomic E-state index is 0.138. The van der Waals surface area contributed by atoms with Crippen LogP contribution in [0, 0.1) is 5.92 Å². The van der Waals surface area contributed by atoms with Crippen LogP contribution in [0.5, 0.6) is 0 Å². The fraction of sp³-hybridized carbons (Fsp3) is 0.316. The van der Waals surface area contributed by atoms with E-state index in [1.54, 1.807) is 41.3 Å². The molecule has 2 amide bonds. The van der Waals surface area contributed by atoms with Crippen molar-refractivity contribution in [1.82, 2.24) is 9.88 Å². The Bertz CT molecular complexity index is 841. The number of nitrogens with one attached hydrogen (secondary N) is 1. The van der Waals surface area contributed by atoms with Gasteiger partial charge in [-0.15, -0.1) is 0 Å². The standard InChI is InChI=1S/C19H19Cl2N3O2/c1-12-4-3-9-24(11-12)19(26)17-6-2-5-16(23-17)18(25)22-13-7-8-14(20)15(21)10-13/h2,5-8,10,12H,3-4,9,11H2,1H3,(H,22,25). The molecule has 5 nitrogen and oxygen atoms in total. The van der Waals surface area contributed by atoms with Gasteiger partial charge in [0, 0.05) is 18.8 Å². The van der Waals surface area contributed by atoms with Gasteiger partial charge < -0.3 is 10.2 Å². The van der Waals surface area contributed by atoms with Gasteiger partial charge in [0.2, 0.25) is 0 Å². The van der Waals surface area contributed by atoms with Crippen LogP contribution >= 0.6 is 23.2 Å². The molecule has 1 aromatic heterocycles. The van der Waals surface area contributed by atoms with Crippen molar-refractivity contribution < 1.29 is 9.59 Å². The zero-order chi connectivity index (χ0) is 18.7. The summed E-state index contributed by atoms with van der Waals surface area (Å²) >= 11 is 11.8. The summed E-state index contributed by atoms with van der Waals surface area (Å²) in [5.41, 5.74) is 0.959. The summed E-state index contributed by atoms with van der Waals surface area (Å²) in [5, 5.41) is 3.47. The Labute approximate surface area is 162 Å². The fourth-order valence-electron chi connectivity index (χ4n) is 2.99. The lowest BCUT2D eigenvalue weighted by molar-refractivity contribution is 0.0677. The molecule has 1 N–H and O–H groups in total. The highest BCUT2D eigenvalue weighted by Gasteiger charge is 2.23. The van der Waals surface area contributed by atoms with E-state index in [9.17, 15) is 9.59 Å². The van der Waals surface area contributed by atoms with Crippen LogP contribution in [-0.4, -0.2) is 34.8 Å². The minimum Gasteiger partial charge on any atom is -0.337 e. The van der Waals surface area contributed by atoms with Crippen molar-refractivity contribution in [2.75, 3.05) is 18.4 Å². The smallest absolute Gasteiger partial charge is 0.274 e. The van der Waals surface area contributed by atoms with Crippen LogP contribution in [0.15, 0.2) is 36.4 Å². The summed E-state index contributed by atoms with van der Waals surface area (Å²) in [6, 6.07) is 9.68. The third-order valence-electron chi connectivity index (χ3n) is 4.32. The number of carbonyl (C=O) groups is 2. The van der Waals surface area contributed by atoms with Gasteiger partial charge in [-0.1, -0.05) is 36.2 Å². The summed E-state index contributed by atoms with van der Waals surface area (Å²) < 4.78 is 0. The highest BCUT2D eigenvalue weighted by Crippen LogP contribution is 2.25. The number of nitrogens with zero attached hydrogens (tertiary/aromatic N) is 2. The van der Waals surface area contributed by atoms with Gasteiger partial charge >= 0.3 is 0 Å². The molecule has 1 unspecified atom stereocenters. The van der Waals surface area contributed by atoms with Crippen LogP contribution in [0.1, 0.15) is 40.7 Å². The normalized spacial score (nSPS) is 17.0. The Morgan fingerprint density at radius 2 is 1.92 bits per heavy atom. The molecular formula is C19H19Cl2N3O2. The summed E-state index contributed by atoms with van der Waals surface area (Å²) in [4.78, 5) is 31.1. The number of pyridine rings is 1. The number of halogens is 2. The van der Waals surface area contributed by atoms with Gasteiger partial charge in [0.1, 0.15) is 11.4 Å². The van der Waals surface area contributed by atoms with Crippen molar-refractivity contribution in [1.29, 1.82) is 0 Å². The molecule has 0 aliphatic carbocycles. The third-order valence-corrected chi connectivity index (χ3v) is 5.06. The van der Waals surface area contributed by atoms with E-state index in [1.165, 1.54) is 0 Å². The lowest BCUT2D eigenvalue weighted by atomic mass is 10.00. The Morgan fingerprint density at radius 1 is 1.15 bits per heavy atom. The molecule has 0 bridgehead atoms. The van der Waals surface area contributed by atoms with Crippen molar-refractivity contribution in [3.8, 4) is 0 Å². The molecule has 2 aromatic rings. The van der Waals surface area contributed by atoms with Gasteiger partial charge in [-0.25, -0.2) is 4.98 Å². The van der Waals surface area contributed by atoms with Crippen LogP contribution in [0.4, 0.5) is 5.69 Å². The molecule has 136 valence electrons. The van der Waals surface area contributed by atoms with Crippen molar-refractivity contribution in [3.63, 3.8) is 0 Å². The van der Waals surface area contributed by atoms with Crippen LogP contribution < -0.4 is 5.32 Å². The molecule has 0 saturated carbocycles. The first kappa shape index (κ1) is 18.7. The molecule has 1 aromatic carbocycles. The fourth-order valence-corrected chi connectivity index (χ4v) is 3.28. The van der Waals surface area contributed by atoms with E-state index in [0.717, 1.165) is 25.9 Å². The van der Waals surface area contributed by atoms with E-state index in [-0.39, 0.29) is 17.3 Å². The van der Waals surface area contributed by atoms with Gasteiger partial charge in [-0.2, -0.15) is 0 Å². The van der Waals surface area contributed by atoms with Gasteiger partial charge in [0.25, 0.3) is 11.8 Å². The molecule has 3 rings (SSSR count). The van der Waals surface area contributed by atoms with E-state index in [0.29, 0.717) is 21.7 Å². The zero-order valence-electron chi connectivity index (χ0n) is 14.3. The highest BCUT2D eigenvalue weighted by atomic mass is 35.5. The number of hydrogen-bond donors (Lipinski definition) is 1. The van der Waals surface area contributed by atoms with Crippen molar-refractivity contribution >= 4 is 40.7 Å². The lowest BCUT2D eigenvalue weighted by Gasteiger charge is -2.30. The quantitative estimate of drug-likeness (QED) is 0.836. The Hall–Kier alpha value is -2.11. The number of piperidine rings is 1. The number of hydrogen-bond acceptors (Lipinski definition) is 3. The Morgan fingerprint density at radius 3 is 2.65 bits per heavy atom. The minimum atomic E-state index is -0.412. The zero-order valence-corrected chi connectivity index (χ0v) is 15.8. The number of rotatable bonds is 3. The number of benzene rings is 1.